The zero-order valence-electron chi connectivity index (χ0n) is 13.2. The fourth-order valence-electron chi connectivity index (χ4n) is 1.74. The molecule has 0 aliphatic carbocycles. The lowest BCUT2D eigenvalue weighted by molar-refractivity contribution is -0.122. The van der Waals surface area contributed by atoms with Gasteiger partial charge in [0.2, 0.25) is 5.91 Å². The zero-order chi connectivity index (χ0) is 16.5. The molecule has 2 N–H and O–H groups in total. The van der Waals surface area contributed by atoms with Crippen LogP contribution in [-0.4, -0.2) is 37.1 Å². The van der Waals surface area contributed by atoms with E-state index in [4.69, 9.17) is 16.3 Å². The molecular weight excluding hydrogens is 304 g/mol. The summed E-state index contributed by atoms with van der Waals surface area (Å²) in [5, 5.41) is 5.75. The predicted octanol–water partition coefficient (Wildman–Crippen LogP) is 2.39. The molecule has 5 nitrogen and oxygen atoms in total. The van der Waals surface area contributed by atoms with E-state index in [0.717, 1.165) is 6.42 Å². The Morgan fingerprint density at radius 2 is 1.91 bits per heavy atom. The van der Waals surface area contributed by atoms with Crippen molar-refractivity contribution >= 4 is 23.4 Å². The van der Waals surface area contributed by atoms with Crippen molar-refractivity contribution in [2.45, 2.75) is 39.3 Å². The number of carbonyl (C=O) groups is 2. The van der Waals surface area contributed by atoms with E-state index in [-0.39, 0.29) is 17.9 Å². The van der Waals surface area contributed by atoms with E-state index in [0.29, 0.717) is 23.7 Å². The number of hydrogen-bond donors (Lipinski definition) is 2. The van der Waals surface area contributed by atoms with Gasteiger partial charge in [-0.1, -0.05) is 23.7 Å². The summed E-state index contributed by atoms with van der Waals surface area (Å²) in [6, 6.07) is 6.09. The number of halogens is 1. The summed E-state index contributed by atoms with van der Waals surface area (Å²) in [5.41, 5.74) is 0.356. The summed E-state index contributed by atoms with van der Waals surface area (Å²) in [4.78, 5) is 23.9. The quantitative estimate of drug-likeness (QED) is 0.721. The molecule has 22 heavy (non-hydrogen) atoms. The molecule has 0 aromatic heterocycles. The Balaban J connectivity index is 2.35. The molecule has 1 aromatic carbocycles. The highest BCUT2D eigenvalue weighted by atomic mass is 35.5. The van der Waals surface area contributed by atoms with E-state index in [1.165, 1.54) is 0 Å². The summed E-state index contributed by atoms with van der Waals surface area (Å²) in [6.45, 7) is 6.67. The maximum Gasteiger partial charge on any atom is 0.253 e. The second kappa shape index (κ2) is 9.43. The van der Waals surface area contributed by atoms with Crippen LogP contribution in [0.4, 0.5) is 0 Å². The van der Waals surface area contributed by atoms with E-state index in [9.17, 15) is 9.59 Å². The molecule has 0 spiro atoms. The second-order valence-electron chi connectivity index (χ2n) is 5.24. The normalized spacial score (nSPS) is 12.0. The number of nitrogens with one attached hydrogen (secondary N) is 2. The second-order valence-corrected chi connectivity index (χ2v) is 5.65. The fourth-order valence-corrected chi connectivity index (χ4v) is 1.96. The zero-order valence-corrected chi connectivity index (χ0v) is 13.9. The molecule has 0 heterocycles. The van der Waals surface area contributed by atoms with Crippen molar-refractivity contribution in [2.24, 2.45) is 0 Å². The van der Waals surface area contributed by atoms with Crippen LogP contribution in [-0.2, 0) is 9.53 Å². The maximum absolute atomic E-state index is 12.0. The van der Waals surface area contributed by atoms with Crippen LogP contribution in [0, 0.1) is 0 Å². The Morgan fingerprint density at radius 3 is 2.55 bits per heavy atom. The largest absolute Gasteiger partial charge is 0.379 e. The van der Waals surface area contributed by atoms with Crippen LogP contribution in [0.3, 0.4) is 0 Å². The highest BCUT2D eigenvalue weighted by molar-refractivity contribution is 6.33. The van der Waals surface area contributed by atoms with Gasteiger partial charge in [-0.25, -0.2) is 0 Å². The molecule has 1 unspecified atom stereocenters. The summed E-state index contributed by atoms with van der Waals surface area (Å²) in [7, 11) is 0. The van der Waals surface area contributed by atoms with Crippen LogP contribution < -0.4 is 10.6 Å². The van der Waals surface area contributed by atoms with Crippen molar-refractivity contribution in [1.82, 2.24) is 10.6 Å². The van der Waals surface area contributed by atoms with Crippen molar-refractivity contribution in [2.75, 3.05) is 13.2 Å². The molecule has 2 amide bonds. The highest BCUT2D eigenvalue weighted by Gasteiger charge is 2.17. The summed E-state index contributed by atoms with van der Waals surface area (Å²) >= 11 is 5.95. The third kappa shape index (κ3) is 6.45. The number of amides is 2. The van der Waals surface area contributed by atoms with Crippen molar-refractivity contribution in [3.63, 3.8) is 0 Å². The van der Waals surface area contributed by atoms with Gasteiger partial charge in [-0.15, -0.1) is 0 Å². The number of rotatable bonds is 8. The standard InChI is InChI=1S/C16H23ClN2O3/c1-11(2)22-10-6-9-18-15(20)12(3)19-16(21)13-7-4-5-8-14(13)17/h4-5,7-8,11-12H,6,9-10H2,1-3H3,(H,18,20)(H,19,21). The molecule has 1 rings (SSSR count). The van der Waals surface area contributed by atoms with Crippen molar-refractivity contribution in [3.8, 4) is 0 Å². The molecule has 0 fully saturated rings. The molecule has 1 aromatic rings. The Hall–Kier alpha value is -1.59. The lowest BCUT2D eigenvalue weighted by atomic mass is 10.2. The molecule has 0 saturated carbocycles. The van der Waals surface area contributed by atoms with Crippen molar-refractivity contribution < 1.29 is 14.3 Å². The van der Waals surface area contributed by atoms with E-state index >= 15 is 0 Å². The molecule has 0 radical (unpaired) electrons. The number of hydrogen-bond acceptors (Lipinski definition) is 3. The Bertz CT molecular complexity index is 506. The predicted molar refractivity (Wildman–Crippen MR) is 87.1 cm³/mol. The van der Waals surface area contributed by atoms with Crippen molar-refractivity contribution in [3.05, 3.63) is 34.9 Å². The van der Waals surface area contributed by atoms with E-state index in [1.807, 2.05) is 13.8 Å². The van der Waals surface area contributed by atoms with Gasteiger partial charge in [0.05, 0.1) is 16.7 Å². The van der Waals surface area contributed by atoms with Crippen LogP contribution in [0.2, 0.25) is 5.02 Å². The number of ether oxygens (including phenoxy) is 1. The van der Waals surface area contributed by atoms with Crippen LogP contribution >= 0.6 is 11.6 Å². The summed E-state index contributed by atoms with van der Waals surface area (Å²) in [5.74, 6) is -0.596. The first-order valence-electron chi connectivity index (χ1n) is 7.36. The number of carbonyl (C=O) groups excluding carboxylic acids is 2. The molecule has 0 aliphatic heterocycles. The van der Waals surface area contributed by atoms with Gasteiger partial charge in [0.15, 0.2) is 0 Å². The minimum atomic E-state index is -0.630. The summed E-state index contributed by atoms with van der Waals surface area (Å²) < 4.78 is 5.38. The first-order chi connectivity index (χ1) is 10.4. The smallest absolute Gasteiger partial charge is 0.253 e. The van der Waals surface area contributed by atoms with Crippen LogP contribution in [0.15, 0.2) is 24.3 Å². The lowest BCUT2D eigenvalue weighted by Gasteiger charge is -2.15. The van der Waals surface area contributed by atoms with E-state index in [1.54, 1.807) is 31.2 Å². The van der Waals surface area contributed by atoms with E-state index < -0.39 is 6.04 Å². The first kappa shape index (κ1) is 18.5. The van der Waals surface area contributed by atoms with Gasteiger partial charge in [0.1, 0.15) is 6.04 Å². The first-order valence-corrected chi connectivity index (χ1v) is 7.74. The molecule has 0 saturated heterocycles. The van der Waals surface area contributed by atoms with Gasteiger partial charge >= 0.3 is 0 Å². The van der Waals surface area contributed by atoms with Gasteiger partial charge < -0.3 is 15.4 Å². The number of benzene rings is 1. The fraction of sp³-hybridized carbons (Fsp3) is 0.500. The molecule has 0 aliphatic rings. The third-order valence-corrected chi connectivity index (χ3v) is 3.26. The Morgan fingerprint density at radius 1 is 1.23 bits per heavy atom. The monoisotopic (exact) mass is 326 g/mol. The van der Waals surface area contributed by atoms with Crippen LogP contribution in [0.5, 0.6) is 0 Å². The Kier molecular flexibility index (Phi) is 7.91. The minimum Gasteiger partial charge on any atom is -0.379 e. The van der Waals surface area contributed by atoms with E-state index in [2.05, 4.69) is 10.6 Å². The van der Waals surface area contributed by atoms with Gasteiger partial charge in [0.25, 0.3) is 5.91 Å². The minimum absolute atomic E-state index is 0.185. The van der Waals surface area contributed by atoms with Gasteiger partial charge in [-0.2, -0.15) is 0 Å². The van der Waals surface area contributed by atoms with Gasteiger partial charge in [-0.05, 0) is 39.3 Å². The maximum atomic E-state index is 12.0. The van der Waals surface area contributed by atoms with Crippen LogP contribution in [0.1, 0.15) is 37.6 Å². The highest BCUT2D eigenvalue weighted by Crippen LogP contribution is 2.14. The third-order valence-electron chi connectivity index (χ3n) is 2.93. The van der Waals surface area contributed by atoms with Gasteiger partial charge in [-0.3, -0.25) is 9.59 Å². The van der Waals surface area contributed by atoms with Crippen LogP contribution in [0.25, 0.3) is 0 Å². The average molecular weight is 327 g/mol. The SMILES string of the molecule is CC(C)OCCCNC(=O)C(C)NC(=O)c1ccccc1Cl. The molecule has 6 heteroatoms. The molecular formula is C16H23ClN2O3. The average Bonchev–Trinajstić information content (AvgIpc) is 2.46. The molecule has 1 atom stereocenters. The topological polar surface area (TPSA) is 67.4 Å². The Labute approximate surface area is 136 Å². The van der Waals surface area contributed by atoms with Crippen molar-refractivity contribution in [1.29, 1.82) is 0 Å². The lowest BCUT2D eigenvalue weighted by Crippen LogP contribution is -2.45. The molecule has 0 bridgehead atoms. The summed E-state index contributed by atoms with van der Waals surface area (Å²) in [6.07, 6.45) is 0.916. The molecule has 122 valence electrons. The van der Waals surface area contributed by atoms with Gasteiger partial charge in [0, 0.05) is 13.2 Å².